The Kier molecular flexibility index (Phi) is 6.50. The molecule has 0 spiro atoms. The molecule has 0 bridgehead atoms. The third-order valence-corrected chi connectivity index (χ3v) is 2.45. The number of non-ortho nitro benzene ring substituents is 1. The van der Waals surface area contributed by atoms with Crippen molar-refractivity contribution in [1.82, 2.24) is 5.32 Å². The highest BCUT2D eigenvalue weighted by molar-refractivity contribution is 5.49. The first-order chi connectivity index (χ1) is 9.56. The topological polar surface area (TPSA) is 128 Å². The average molecular weight is 285 g/mol. The second-order valence-electron chi connectivity index (χ2n) is 3.84. The maximum Gasteiger partial charge on any atom is 0.280 e. The molecule has 0 aromatic heterocycles. The summed E-state index contributed by atoms with van der Waals surface area (Å²) >= 11 is 0. The highest BCUT2D eigenvalue weighted by Crippen LogP contribution is 2.24. The van der Waals surface area contributed by atoms with Crippen molar-refractivity contribution in [3.05, 3.63) is 44.0 Å². The zero-order chi connectivity index (χ0) is 15.0. The fourth-order valence-corrected chi connectivity index (χ4v) is 1.52. The van der Waals surface area contributed by atoms with Gasteiger partial charge in [0.15, 0.2) is 0 Å². The van der Waals surface area contributed by atoms with Gasteiger partial charge in [0.25, 0.3) is 11.4 Å². The minimum Gasteiger partial charge on any atom is -0.394 e. The summed E-state index contributed by atoms with van der Waals surface area (Å²) in [4.78, 5) is 20.1. The van der Waals surface area contributed by atoms with Crippen LogP contribution in [0.3, 0.4) is 0 Å². The molecule has 1 aromatic rings. The van der Waals surface area contributed by atoms with Crippen molar-refractivity contribution < 1.29 is 19.7 Å². The first-order valence-electron chi connectivity index (χ1n) is 5.87. The van der Waals surface area contributed by atoms with Gasteiger partial charge in [-0.3, -0.25) is 20.2 Å². The van der Waals surface area contributed by atoms with E-state index in [9.17, 15) is 20.2 Å². The average Bonchev–Trinajstić information content (AvgIpc) is 2.42. The van der Waals surface area contributed by atoms with Crippen LogP contribution in [0.15, 0.2) is 18.2 Å². The lowest BCUT2D eigenvalue weighted by atomic mass is 10.1. The lowest BCUT2D eigenvalue weighted by Crippen LogP contribution is -2.20. The Morgan fingerprint density at radius 2 is 1.95 bits per heavy atom. The van der Waals surface area contributed by atoms with Crippen molar-refractivity contribution in [2.24, 2.45) is 0 Å². The number of aliphatic hydroxyl groups excluding tert-OH is 1. The molecule has 1 rings (SSSR count). The molecule has 0 fully saturated rings. The Balaban J connectivity index is 2.60. The number of aliphatic hydroxyl groups is 1. The molecule has 0 atom stereocenters. The van der Waals surface area contributed by atoms with Gasteiger partial charge in [0, 0.05) is 24.7 Å². The number of hydrogen-bond donors (Lipinski definition) is 2. The Labute approximate surface area is 114 Å². The summed E-state index contributed by atoms with van der Waals surface area (Å²) in [7, 11) is 0. The molecule has 0 aliphatic heterocycles. The van der Waals surface area contributed by atoms with Gasteiger partial charge in [-0.25, -0.2) is 0 Å². The van der Waals surface area contributed by atoms with E-state index in [1.165, 1.54) is 12.1 Å². The van der Waals surface area contributed by atoms with Gasteiger partial charge in [-0.15, -0.1) is 0 Å². The van der Waals surface area contributed by atoms with Crippen LogP contribution in [0.5, 0.6) is 0 Å². The van der Waals surface area contributed by atoms with E-state index in [4.69, 9.17) is 9.84 Å². The Bertz CT molecular complexity index is 479. The molecule has 1 aromatic carbocycles. The summed E-state index contributed by atoms with van der Waals surface area (Å²) in [5.41, 5.74) is -0.238. The summed E-state index contributed by atoms with van der Waals surface area (Å²) in [5, 5.41) is 32.9. The molecular weight excluding hydrogens is 270 g/mol. The number of benzene rings is 1. The lowest BCUT2D eigenvalue weighted by molar-refractivity contribution is -0.394. The molecule has 9 heteroatoms. The molecule has 0 aliphatic carbocycles. The van der Waals surface area contributed by atoms with Gasteiger partial charge in [-0.05, 0) is 6.07 Å². The summed E-state index contributed by atoms with van der Waals surface area (Å²) in [6.45, 7) is 1.19. The third-order valence-electron chi connectivity index (χ3n) is 2.45. The molecule has 0 amide bonds. The van der Waals surface area contributed by atoms with Crippen LogP contribution in [0, 0.1) is 20.2 Å². The fraction of sp³-hybridized carbons (Fsp3) is 0.455. The molecule has 0 aliphatic rings. The predicted octanol–water partition coefficient (Wildman–Crippen LogP) is 0.602. The highest BCUT2D eigenvalue weighted by atomic mass is 16.6. The van der Waals surface area contributed by atoms with Crippen LogP contribution in [0.1, 0.15) is 5.56 Å². The summed E-state index contributed by atoms with van der Waals surface area (Å²) < 4.78 is 5.01. The minimum absolute atomic E-state index is 0.0617. The summed E-state index contributed by atoms with van der Waals surface area (Å²) in [6.07, 6.45) is 0. The Morgan fingerprint density at radius 1 is 1.20 bits per heavy atom. The first kappa shape index (κ1) is 16.0. The largest absolute Gasteiger partial charge is 0.394 e. The van der Waals surface area contributed by atoms with Crippen LogP contribution < -0.4 is 5.32 Å². The zero-order valence-electron chi connectivity index (χ0n) is 10.7. The van der Waals surface area contributed by atoms with E-state index < -0.39 is 9.85 Å². The predicted molar refractivity (Wildman–Crippen MR) is 69.4 cm³/mol. The summed E-state index contributed by atoms with van der Waals surface area (Å²) in [5.74, 6) is 0. The van der Waals surface area contributed by atoms with Crippen molar-refractivity contribution in [2.75, 3.05) is 26.4 Å². The van der Waals surface area contributed by atoms with Gasteiger partial charge in [-0.1, -0.05) is 0 Å². The number of nitro groups is 2. The molecule has 9 nitrogen and oxygen atoms in total. The van der Waals surface area contributed by atoms with Crippen molar-refractivity contribution in [3.8, 4) is 0 Å². The van der Waals surface area contributed by atoms with Crippen molar-refractivity contribution in [1.29, 1.82) is 0 Å². The SMILES string of the molecule is O=[N+]([O-])c1ccc(CNCCOCCO)c([N+](=O)[O-])c1. The second kappa shape index (κ2) is 8.15. The normalized spacial score (nSPS) is 10.4. The molecular formula is C11H15N3O6. The van der Waals surface area contributed by atoms with E-state index >= 15 is 0 Å². The van der Waals surface area contributed by atoms with E-state index in [-0.39, 0.29) is 31.1 Å². The smallest absolute Gasteiger partial charge is 0.280 e. The van der Waals surface area contributed by atoms with Gasteiger partial charge in [0.1, 0.15) is 0 Å². The molecule has 0 saturated heterocycles. The third kappa shape index (κ3) is 4.88. The number of nitrogens with one attached hydrogen (secondary N) is 1. The van der Waals surface area contributed by atoms with Crippen LogP contribution >= 0.6 is 0 Å². The highest BCUT2D eigenvalue weighted by Gasteiger charge is 2.18. The maximum absolute atomic E-state index is 10.9. The molecule has 0 unspecified atom stereocenters. The molecule has 20 heavy (non-hydrogen) atoms. The molecule has 110 valence electrons. The number of nitro benzene ring substituents is 2. The fourth-order valence-electron chi connectivity index (χ4n) is 1.52. The van der Waals surface area contributed by atoms with E-state index in [0.717, 1.165) is 6.07 Å². The van der Waals surface area contributed by atoms with Crippen molar-refractivity contribution >= 4 is 11.4 Å². The second-order valence-corrected chi connectivity index (χ2v) is 3.84. The van der Waals surface area contributed by atoms with Crippen molar-refractivity contribution in [2.45, 2.75) is 6.54 Å². The standard InChI is InChI=1S/C11H15N3O6/c15-4-6-20-5-3-12-8-9-1-2-10(13(16)17)7-11(9)14(18)19/h1-2,7,12,15H,3-6,8H2. The van der Waals surface area contributed by atoms with Crippen LogP contribution in [-0.2, 0) is 11.3 Å². The van der Waals surface area contributed by atoms with E-state index in [2.05, 4.69) is 5.32 Å². The van der Waals surface area contributed by atoms with Crippen LogP contribution in [0.2, 0.25) is 0 Å². The summed E-state index contributed by atoms with van der Waals surface area (Å²) in [6, 6.07) is 3.53. The number of nitrogens with zero attached hydrogens (tertiary/aromatic N) is 2. The number of hydrogen-bond acceptors (Lipinski definition) is 7. The molecule has 0 heterocycles. The maximum atomic E-state index is 10.9. The lowest BCUT2D eigenvalue weighted by Gasteiger charge is -2.06. The van der Waals surface area contributed by atoms with Crippen LogP contribution in [0.4, 0.5) is 11.4 Å². The molecule has 2 N–H and O–H groups in total. The minimum atomic E-state index is -0.674. The Hall–Kier alpha value is -2.10. The van der Waals surface area contributed by atoms with Gasteiger partial charge in [-0.2, -0.15) is 0 Å². The van der Waals surface area contributed by atoms with Crippen LogP contribution in [0.25, 0.3) is 0 Å². The van der Waals surface area contributed by atoms with E-state index in [0.29, 0.717) is 18.7 Å². The zero-order valence-corrected chi connectivity index (χ0v) is 10.7. The van der Waals surface area contributed by atoms with E-state index in [1.54, 1.807) is 0 Å². The molecule has 0 radical (unpaired) electrons. The van der Waals surface area contributed by atoms with E-state index in [1.807, 2.05) is 0 Å². The van der Waals surface area contributed by atoms with Gasteiger partial charge in [0.05, 0.1) is 35.7 Å². The first-order valence-corrected chi connectivity index (χ1v) is 5.87. The van der Waals surface area contributed by atoms with Gasteiger partial charge >= 0.3 is 0 Å². The monoisotopic (exact) mass is 285 g/mol. The van der Waals surface area contributed by atoms with Crippen molar-refractivity contribution in [3.63, 3.8) is 0 Å². The number of ether oxygens (including phenoxy) is 1. The Morgan fingerprint density at radius 3 is 2.55 bits per heavy atom. The quantitative estimate of drug-likeness (QED) is 0.386. The number of rotatable bonds is 9. The van der Waals surface area contributed by atoms with Gasteiger partial charge in [0.2, 0.25) is 0 Å². The van der Waals surface area contributed by atoms with Gasteiger partial charge < -0.3 is 15.2 Å². The molecule has 0 saturated carbocycles. The van der Waals surface area contributed by atoms with Crippen LogP contribution in [-0.4, -0.2) is 41.3 Å².